The molecule has 6 heteroatoms. The molecule has 1 saturated carbocycles. The molecule has 0 bridgehead atoms. The summed E-state index contributed by atoms with van der Waals surface area (Å²) < 4.78 is 0. The molecule has 4 rings (SSSR count). The van der Waals surface area contributed by atoms with Crippen LogP contribution in [0.1, 0.15) is 53.0 Å². The van der Waals surface area contributed by atoms with Crippen molar-refractivity contribution in [1.82, 2.24) is 15.3 Å². The van der Waals surface area contributed by atoms with Gasteiger partial charge in [0.1, 0.15) is 5.69 Å². The number of hydrogen-bond acceptors (Lipinski definition) is 5. The number of carbonyl (C=O) groups excluding carboxylic acids is 1. The Hall–Kier alpha value is -2.47. The first-order valence-electron chi connectivity index (χ1n) is 9.78. The number of nitrogens with one attached hydrogen (secondary N) is 1. The molecule has 2 aliphatic rings. The standard InChI is InChI=1S/C21H26N4O2/c22-21-24-17-9-5-4-8-16(17)19(25-21)20(27)23-18(14-11-15(26)12-14)10-13-6-2-1-3-7-13/h1-3,6-7,14-15,18,26H,4-5,8-12H2,(H,23,27)(H2,22,24,25). The van der Waals surface area contributed by atoms with Crippen molar-refractivity contribution in [2.45, 2.75) is 57.1 Å². The third kappa shape index (κ3) is 3.95. The number of aryl methyl sites for hydroxylation is 1. The van der Waals surface area contributed by atoms with Gasteiger partial charge in [0.25, 0.3) is 5.91 Å². The Balaban J connectivity index is 1.56. The number of amides is 1. The second kappa shape index (κ2) is 7.64. The quantitative estimate of drug-likeness (QED) is 0.752. The molecule has 0 spiro atoms. The Bertz CT molecular complexity index is 818. The second-order valence-electron chi connectivity index (χ2n) is 7.72. The lowest BCUT2D eigenvalue weighted by Crippen LogP contribution is -2.48. The first kappa shape index (κ1) is 17.9. The molecule has 1 fully saturated rings. The lowest BCUT2D eigenvalue weighted by atomic mass is 9.75. The zero-order valence-electron chi connectivity index (χ0n) is 15.4. The number of benzene rings is 1. The van der Waals surface area contributed by atoms with E-state index in [0.717, 1.165) is 56.2 Å². The van der Waals surface area contributed by atoms with E-state index < -0.39 is 0 Å². The fourth-order valence-electron chi connectivity index (χ4n) is 4.20. The van der Waals surface area contributed by atoms with Crippen molar-refractivity contribution in [2.24, 2.45) is 5.92 Å². The molecule has 0 aliphatic heterocycles. The van der Waals surface area contributed by atoms with E-state index in [-0.39, 0.29) is 29.9 Å². The number of nitrogens with zero attached hydrogens (tertiary/aromatic N) is 2. The molecule has 1 aromatic heterocycles. The van der Waals surface area contributed by atoms with E-state index in [4.69, 9.17) is 5.73 Å². The highest BCUT2D eigenvalue weighted by Gasteiger charge is 2.35. The lowest BCUT2D eigenvalue weighted by Gasteiger charge is -2.38. The Morgan fingerprint density at radius 2 is 1.93 bits per heavy atom. The van der Waals surface area contributed by atoms with E-state index in [1.165, 1.54) is 5.56 Å². The number of rotatable bonds is 5. The van der Waals surface area contributed by atoms with E-state index in [9.17, 15) is 9.90 Å². The van der Waals surface area contributed by atoms with Gasteiger partial charge in [0.15, 0.2) is 0 Å². The van der Waals surface area contributed by atoms with Crippen molar-refractivity contribution in [1.29, 1.82) is 0 Å². The highest BCUT2D eigenvalue weighted by molar-refractivity contribution is 5.94. The Morgan fingerprint density at radius 3 is 2.67 bits per heavy atom. The molecule has 1 heterocycles. The molecule has 0 saturated heterocycles. The minimum atomic E-state index is -0.257. The van der Waals surface area contributed by atoms with Gasteiger partial charge in [-0.25, -0.2) is 9.97 Å². The first-order valence-corrected chi connectivity index (χ1v) is 9.78. The highest BCUT2D eigenvalue weighted by Crippen LogP contribution is 2.32. The van der Waals surface area contributed by atoms with Crippen molar-refractivity contribution in [2.75, 3.05) is 5.73 Å². The van der Waals surface area contributed by atoms with Crippen LogP contribution in [0.15, 0.2) is 30.3 Å². The maximum atomic E-state index is 13.1. The van der Waals surface area contributed by atoms with Gasteiger partial charge < -0.3 is 16.2 Å². The van der Waals surface area contributed by atoms with Crippen molar-refractivity contribution >= 4 is 11.9 Å². The van der Waals surface area contributed by atoms with Crippen molar-refractivity contribution in [3.63, 3.8) is 0 Å². The van der Waals surface area contributed by atoms with E-state index in [1.807, 2.05) is 18.2 Å². The van der Waals surface area contributed by atoms with Gasteiger partial charge >= 0.3 is 0 Å². The van der Waals surface area contributed by atoms with Gasteiger partial charge in [-0.1, -0.05) is 30.3 Å². The van der Waals surface area contributed by atoms with E-state index in [0.29, 0.717) is 5.69 Å². The zero-order valence-corrected chi connectivity index (χ0v) is 15.4. The summed E-state index contributed by atoms with van der Waals surface area (Å²) in [5, 5.41) is 12.9. The summed E-state index contributed by atoms with van der Waals surface area (Å²) in [4.78, 5) is 21.7. The molecule has 1 amide bonds. The van der Waals surface area contributed by atoms with Crippen LogP contribution >= 0.6 is 0 Å². The topological polar surface area (TPSA) is 101 Å². The molecule has 0 radical (unpaired) electrons. The van der Waals surface area contributed by atoms with Gasteiger partial charge in [0.05, 0.1) is 6.10 Å². The smallest absolute Gasteiger partial charge is 0.270 e. The summed E-state index contributed by atoms with van der Waals surface area (Å²) in [7, 11) is 0. The van der Waals surface area contributed by atoms with Crippen LogP contribution < -0.4 is 11.1 Å². The Labute approximate surface area is 159 Å². The molecule has 1 aromatic carbocycles. The predicted molar refractivity (Wildman–Crippen MR) is 103 cm³/mol. The van der Waals surface area contributed by atoms with Gasteiger partial charge in [-0.05, 0) is 56.4 Å². The SMILES string of the molecule is Nc1nc2c(c(C(=O)NC(Cc3ccccc3)C3CC(O)C3)n1)CCCC2. The van der Waals surface area contributed by atoms with E-state index in [1.54, 1.807) is 0 Å². The molecule has 27 heavy (non-hydrogen) atoms. The van der Waals surface area contributed by atoms with Crippen LogP contribution in [0.2, 0.25) is 0 Å². The number of hydrogen-bond donors (Lipinski definition) is 3. The number of aromatic nitrogens is 2. The molecule has 1 atom stereocenters. The predicted octanol–water partition coefficient (Wildman–Crippen LogP) is 2.05. The highest BCUT2D eigenvalue weighted by atomic mass is 16.3. The number of aliphatic hydroxyl groups excluding tert-OH is 1. The van der Waals surface area contributed by atoms with Gasteiger partial charge in [0.2, 0.25) is 5.95 Å². The molecule has 1 unspecified atom stereocenters. The van der Waals surface area contributed by atoms with Crippen LogP contribution in [0, 0.1) is 5.92 Å². The molecular weight excluding hydrogens is 340 g/mol. The van der Waals surface area contributed by atoms with E-state index >= 15 is 0 Å². The minimum Gasteiger partial charge on any atom is -0.393 e. The summed E-state index contributed by atoms with van der Waals surface area (Å²) in [5.74, 6) is 0.267. The summed E-state index contributed by atoms with van der Waals surface area (Å²) in [6.07, 6.45) is 5.72. The average Bonchev–Trinajstić information content (AvgIpc) is 2.65. The third-order valence-electron chi connectivity index (χ3n) is 5.75. The minimum absolute atomic E-state index is 0.0290. The Morgan fingerprint density at radius 1 is 1.19 bits per heavy atom. The van der Waals surface area contributed by atoms with Crippen molar-refractivity contribution < 1.29 is 9.90 Å². The fourth-order valence-corrected chi connectivity index (χ4v) is 4.20. The zero-order chi connectivity index (χ0) is 18.8. The van der Waals surface area contributed by atoms with Gasteiger partial charge in [-0.2, -0.15) is 0 Å². The summed E-state index contributed by atoms with van der Waals surface area (Å²) in [6.45, 7) is 0. The molecule has 6 nitrogen and oxygen atoms in total. The third-order valence-corrected chi connectivity index (χ3v) is 5.75. The molecule has 142 valence electrons. The van der Waals surface area contributed by atoms with Crippen LogP contribution in [0.3, 0.4) is 0 Å². The van der Waals surface area contributed by atoms with Crippen LogP contribution in [0.5, 0.6) is 0 Å². The van der Waals surface area contributed by atoms with Crippen LogP contribution in [0.4, 0.5) is 5.95 Å². The van der Waals surface area contributed by atoms with Crippen LogP contribution in [-0.2, 0) is 19.3 Å². The number of aliphatic hydroxyl groups is 1. The average molecular weight is 366 g/mol. The lowest BCUT2D eigenvalue weighted by molar-refractivity contribution is 0.0238. The van der Waals surface area contributed by atoms with Crippen molar-refractivity contribution in [3.8, 4) is 0 Å². The van der Waals surface area contributed by atoms with Gasteiger partial charge in [-0.3, -0.25) is 4.79 Å². The molecule has 2 aliphatic carbocycles. The molecular formula is C21H26N4O2. The number of nitrogens with two attached hydrogens (primary N) is 1. The number of nitrogen functional groups attached to an aromatic ring is 1. The Kier molecular flexibility index (Phi) is 5.07. The normalized spacial score (nSPS) is 22.4. The maximum absolute atomic E-state index is 13.1. The maximum Gasteiger partial charge on any atom is 0.270 e. The summed E-state index contributed by atoms with van der Waals surface area (Å²) >= 11 is 0. The van der Waals surface area contributed by atoms with Gasteiger partial charge in [-0.15, -0.1) is 0 Å². The summed E-state index contributed by atoms with van der Waals surface area (Å²) in [6, 6.07) is 10.1. The number of carbonyl (C=O) groups is 1. The number of fused-ring (bicyclic) bond motifs is 1. The summed E-state index contributed by atoms with van der Waals surface area (Å²) in [5.41, 5.74) is 9.31. The fraction of sp³-hybridized carbons (Fsp3) is 0.476. The van der Waals surface area contributed by atoms with Crippen molar-refractivity contribution in [3.05, 3.63) is 52.8 Å². The second-order valence-corrected chi connectivity index (χ2v) is 7.72. The van der Waals surface area contributed by atoms with Crippen LogP contribution in [0.25, 0.3) is 0 Å². The van der Waals surface area contributed by atoms with Gasteiger partial charge in [0, 0.05) is 17.3 Å². The number of anilines is 1. The molecule has 2 aromatic rings. The molecule has 4 N–H and O–H groups in total. The first-order chi connectivity index (χ1) is 13.1. The van der Waals surface area contributed by atoms with Crippen LogP contribution in [-0.4, -0.2) is 33.1 Å². The largest absolute Gasteiger partial charge is 0.393 e. The monoisotopic (exact) mass is 366 g/mol. The van der Waals surface area contributed by atoms with E-state index in [2.05, 4.69) is 27.4 Å².